The van der Waals surface area contributed by atoms with Gasteiger partial charge in [0.05, 0.1) is 23.3 Å². The van der Waals surface area contributed by atoms with Gasteiger partial charge in [-0.2, -0.15) is 0 Å². The van der Waals surface area contributed by atoms with Crippen molar-refractivity contribution in [2.75, 3.05) is 18.3 Å². The second-order valence-electron chi connectivity index (χ2n) is 4.93. The standard InChI is InChI=1S/C14H20Cl3O2PS3/c1-5-18-20(21,19-6-2)23-9-22-14(3,4)10-7-12(16)13(17)8-11(10)15/h7-8H,5-6,9H2,1-4H3. The van der Waals surface area contributed by atoms with Crippen molar-refractivity contribution in [3.63, 3.8) is 0 Å². The maximum Gasteiger partial charge on any atom is 0.248 e. The van der Waals surface area contributed by atoms with Crippen LogP contribution >= 0.6 is 63.6 Å². The first-order chi connectivity index (χ1) is 10.6. The SMILES string of the molecule is CCOP(=S)(OCC)SCSC(C)(C)c1cc(Cl)c(Cl)cc1Cl. The van der Waals surface area contributed by atoms with E-state index in [0.717, 1.165) is 10.6 Å². The highest BCUT2D eigenvalue weighted by atomic mass is 35.5. The molecule has 9 heteroatoms. The number of benzene rings is 1. The summed E-state index contributed by atoms with van der Waals surface area (Å²) in [5.74, 6) is 0. The van der Waals surface area contributed by atoms with Crippen LogP contribution in [0.2, 0.25) is 15.1 Å². The normalized spacial score (nSPS) is 12.7. The van der Waals surface area contributed by atoms with Crippen molar-refractivity contribution < 1.29 is 9.05 Å². The Bertz CT molecular complexity index is 575. The molecule has 0 aliphatic carbocycles. The number of hydrogen-bond acceptors (Lipinski definition) is 5. The highest BCUT2D eigenvalue weighted by molar-refractivity contribution is 8.69. The predicted molar refractivity (Wildman–Crippen MR) is 112 cm³/mol. The summed E-state index contributed by atoms with van der Waals surface area (Å²) in [6.07, 6.45) is 0. The van der Waals surface area contributed by atoms with E-state index < -0.39 is 5.69 Å². The van der Waals surface area contributed by atoms with E-state index in [1.807, 2.05) is 19.9 Å². The van der Waals surface area contributed by atoms with E-state index in [0.29, 0.717) is 28.3 Å². The molecule has 0 atom stereocenters. The minimum atomic E-state index is -2.28. The van der Waals surface area contributed by atoms with Crippen molar-refractivity contribution in [3.8, 4) is 0 Å². The first-order valence-corrected chi connectivity index (χ1v) is 13.3. The fourth-order valence-corrected chi connectivity index (χ4v) is 10.2. The molecule has 0 fully saturated rings. The lowest BCUT2D eigenvalue weighted by Crippen LogP contribution is -2.13. The van der Waals surface area contributed by atoms with Crippen LogP contribution < -0.4 is 0 Å². The Kier molecular flexibility index (Phi) is 9.63. The monoisotopic (exact) mass is 452 g/mol. The second kappa shape index (κ2) is 9.89. The van der Waals surface area contributed by atoms with Gasteiger partial charge in [-0.3, -0.25) is 0 Å². The number of rotatable bonds is 9. The molecule has 1 aromatic carbocycles. The van der Waals surface area contributed by atoms with Crippen LogP contribution in [0.5, 0.6) is 0 Å². The summed E-state index contributed by atoms with van der Waals surface area (Å²) in [7, 11) is 0. The molecule has 0 saturated carbocycles. The minimum absolute atomic E-state index is 0.239. The first-order valence-electron chi connectivity index (χ1n) is 6.97. The van der Waals surface area contributed by atoms with Crippen molar-refractivity contribution >= 4 is 75.4 Å². The van der Waals surface area contributed by atoms with Crippen LogP contribution in [0.4, 0.5) is 0 Å². The Labute approximate surface area is 167 Å². The Morgan fingerprint density at radius 3 is 2.09 bits per heavy atom. The van der Waals surface area contributed by atoms with E-state index >= 15 is 0 Å². The second-order valence-corrected chi connectivity index (χ2v) is 14.4. The molecule has 0 unspecified atom stereocenters. The fourth-order valence-electron chi connectivity index (χ4n) is 1.73. The van der Waals surface area contributed by atoms with Crippen LogP contribution in [0.3, 0.4) is 0 Å². The van der Waals surface area contributed by atoms with Gasteiger partial charge in [-0.15, -0.1) is 11.8 Å². The smallest absolute Gasteiger partial charge is 0.248 e. The summed E-state index contributed by atoms with van der Waals surface area (Å²) >= 11 is 27.2. The molecule has 0 amide bonds. The van der Waals surface area contributed by atoms with Crippen molar-refractivity contribution in [1.29, 1.82) is 0 Å². The van der Waals surface area contributed by atoms with Gasteiger partial charge in [0.2, 0.25) is 5.69 Å². The van der Waals surface area contributed by atoms with Gasteiger partial charge in [0, 0.05) is 14.9 Å². The maximum absolute atomic E-state index is 6.33. The third kappa shape index (κ3) is 6.88. The van der Waals surface area contributed by atoms with Gasteiger partial charge < -0.3 is 9.05 Å². The van der Waals surface area contributed by atoms with E-state index in [-0.39, 0.29) is 4.75 Å². The van der Waals surface area contributed by atoms with Crippen LogP contribution in [0.1, 0.15) is 33.3 Å². The van der Waals surface area contributed by atoms with Gasteiger partial charge in [-0.25, -0.2) is 0 Å². The molecule has 0 heterocycles. The van der Waals surface area contributed by atoms with E-state index in [9.17, 15) is 0 Å². The summed E-state index contributed by atoms with van der Waals surface area (Å²) in [5.41, 5.74) is -1.33. The molecule has 23 heavy (non-hydrogen) atoms. The Balaban J connectivity index is 2.79. The highest BCUT2D eigenvalue weighted by Gasteiger charge is 2.27. The lowest BCUT2D eigenvalue weighted by molar-refractivity contribution is 0.280. The predicted octanol–water partition coefficient (Wildman–Crippen LogP) is 7.60. The third-order valence-electron chi connectivity index (χ3n) is 2.86. The quantitative estimate of drug-likeness (QED) is 0.217. The summed E-state index contributed by atoms with van der Waals surface area (Å²) < 4.78 is 11.0. The van der Waals surface area contributed by atoms with Gasteiger partial charge in [0.15, 0.2) is 0 Å². The molecule has 0 aliphatic rings. The molecule has 1 rings (SSSR count). The molecule has 0 aliphatic heterocycles. The Morgan fingerprint density at radius 2 is 1.57 bits per heavy atom. The molecule has 0 N–H and O–H groups in total. The number of halogens is 3. The van der Waals surface area contributed by atoms with E-state index in [1.54, 1.807) is 29.2 Å². The molecular weight excluding hydrogens is 434 g/mol. The highest BCUT2D eigenvalue weighted by Crippen LogP contribution is 2.62. The fraction of sp³-hybridized carbons (Fsp3) is 0.571. The van der Waals surface area contributed by atoms with Crippen molar-refractivity contribution in [1.82, 2.24) is 0 Å². The zero-order valence-corrected chi connectivity index (χ0v) is 19.0. The van der Waals surface area contributed by atoms with Crippen molar-refractivity contribution in [2.24, 2.45) is 0 Å². The zero-order valence-electron chi connectivity index (χ0n) is 13.4. The zero-order chi connectivity index (χ0) is 17.7. The topological polar surface area (TPSA) is 18.5 Å². The van der Waals surface area contributed by atoms with Crippen LogP contribution in [0.15, 0.2) is 12.1 Å². The first kappa shape index (κ1) is 22.4. The summed E-state index contributed by atoms with van der Waals surface area (Å²) in [5, 5.41) is 2.30. The number of thioether (sulfide) groups is 1. The Hall–Kier alpha value is 1.36. The van der Waals surface area contributed by atoms with Crippen LogP contribution in [-0.4, -0.2) is 18.3 Å². The summed E-state index contributed by atoms with van der Waals surface area (Å²) in [6, 6.07) is 3.51. The molecule has 1 aromatic rings. The molecule has 0 bridgehead atoms. The van der Waals surface area contributed by atoms with E-state index in [1.165, 1.54) is 0 Å². The molecular formula is C14H20Cl3O2PS3. The lowest BCUT2D eigenvalue weighted by atomic mass is 10.0. The van der Waals surface area contributed by atoms with Crippen LogP contribution in [-0.2, 0) is 25.6 Å². The molecule has 0 spiro atoms. The summed E-state index contributed by atoms with van der Waals surface area (Å²) in [6.45, 7) is 9.14. The average molecular weight is 454 g/mol. The van der Waals surface area contributed by atoms with E-state index in [4.69, 9.17) is 55.7 Å². The van der Waals surface area contributed by atoms with Crippen LogP contribution in [0, 0.1) is 0 Å². The van der Waals surface area contributed by atoms with Crippen molar-refractivity contribution in [2.45, 2.75) is 32.4 Å². The van der Waals surface area contributed by atoms with Crippen LogP contribution in [0.25, 0.3) is 0 Å². The lowest BCUT2D eigenvalue weighted by Gasteiger charge is -2.27. The average Bonchev–Trinajstić information content (AvgIpc) is 2.42. The van der Waals surface area contributed by atoms with E-state index in [2.05, 4.69) is 13.8 Å². The summed E-state index contributed by atoms with van der Waals surface area (Å²) in [4.78, 5) is 0. The molecule has 0 saturated heterocycles. The Morgan fingerprint density at radius 1 is 1.04 bits per heavy atom. The largest absolute Gasteiger partial charge is 0.322 e. The molecule has 2 nitrogen and oxygen atoms in total. The molecule has 132 valence electrons. The molecule has 0 radical (unpaired) electrons. The maximum atomic E-state index is 6.33. The van der Waals surface area contributed by atoms with Gasteiger partial charge in [0.25, 0.3) is 0 Å². The third-order valence-corrected chi connectivity index (χ3v) is 11.3. The van der Waals surface area contributed by atoms with Gasteiger partial charge in [-0.1, -0.05) is 46.2 Å². The van der Waals surface area contributed by atoms with Crippen molar-refractivity contribution in [3.05, 3.63) is 32.8 Å². The number of hydrogen-bond donors (Lipinski definition) is 0. The van der Waals surface area contributed by atoms with Gasteiger partial charge in [0.1, 0.15) is 0 Å². The molecule has 0 aromatic heterocycles. The van der Waals surface area contributed by atoms with Gasteiger partial charge >= 0.3 is 0 Å². The minimum Gasteiger partial charge on any atom is -0.322 e. The van der Waals surface area contributed by atoms with Gasteiger partial charge in [-0.05, 0) is 57.2 Å².